The zero-order valence-electron chi connectivity index (χ0n) is 17.9. The van der Waals surface area contributed by atoms with Crippen LogP contribution in [0.25, 0.3) is 11.1 Å². The zero-order chi connectivity index (χ0) is 23.7. The van der Waals surface area contributed by atoms with Crippen molar-refractivity contribution < 1.29 is 19.1 Å². The van der Waals surface area contributed by atoms with Gasteiger partial charge < -0.3 is 20.9 Å². The summed E-state index contributed by atoms with van der Waals surface area (Å²) in [7, 11) is 1.65. The predicted octanol–water partition coefficient (Wildman–Crippen LogP) is 0.761. The van der Waals surface area contributed by atoms with Crippen LogP contribution >= 0.6 is 0 Å². The van der Waals surface area contributed by atoms with Crippen LogP contribution < -0.4 is 27.6 Å². The van der Waals surface area contributed by atoms with E-state index in [0.717, 1.165) is 28.5 Å². The van der Waals surface area contributed by atoms with E-state index in [4.69, 9.17) is 26.4 Å². The number of anilines is 1. The van der Waals surface area contributed by atoms with Crippen molar-refractivity contribution in [1.82, 2.24) is 10.4 Å². The molecule has 32 heavy (non-hydrogen) atoms. The molecule has 0 radical (unpaired) electrons. The number of hydrogen-bond acceptors (Lipinski definition) is 9. The molecule has 0 aliphatic carbocycles. The summed E-state index contributed by atoms with van der Waals surface area (Å²) in [5.41, 5.74) is 17.0. The molecule has 11 heteroatoms. The maximum atomic E-state index is 12.3. The molecule has 0 bridgehead atoms. The van der Waals surface area contributed by atoms with Crippen molar-refractivity contribution in [2.24, 2.45) is 17.3 Å². The first-order chi connectivity index (χ1) is 15.3. The zero-order valence-corrected chi connectivity index (χ0v) is 17.9. The number of hydrogen-bond donors (Lipinski definition) is 5. The minimum Gasteiger partial charge on any atom is -0.475 e. The molecule has 2 heterocycles. The molecule has 8 N–H and O–H groups in total. The molecule has 0 spiro atoms. The Hall–Kier alpha value is -3.96. The number of nitrogens with zero attached hydrogens (tertiary/aromatic N) is 2. The van der Waals surface area contributed by atoms with E-state index in [-0.39, 0.29) is 18.3 Å². The fraction of sp³-hybridized carbons (Fsp3) is 0.238. The van der Waals surface area contributed by atoms with Crippen molar-refractivity contribution in [2.45, 2.75) is 13.0 Å². The van der Waals surface area contributed by atoms with Gasteiger partial charge in [0.15, 0.2) is 12.0 Å². The summed E-state index contributed by atoms with van der Waals surface area (Å²) in [6.45, 7) is 2.27. The molecule has 170 valence electrons. The summed E-state index contributed by atoms with van der Waals surface area (Å²) in [4.78, 5) is 28.3. The average molecular weight is 441 g/mol. The molecular weight excluding hydrogens is 414 g/mol. The number of amidine groups is 1. The van der Waals surface area contributed by atoms with Crippen LogP contribution in [0.3, 0.4) is 0 Å². The van der Waals surface area contributed by atoms with Crippen molar-refractivity contribution in [3.8, 4) is 11.1 Å². The Labute approximate surface area is 185 Å². The second kappa shape index (κ2) is 11.4. The molecule has 3 rings (SSSR count). The van der Waals surface area contributed by atoms with Gasteiger partial charge in [-0.15, -0.1) is 0 Å². The van der Waals surface area contributed by atoms with Gasteiger partial charge in [-0.3, -0.25) is 31.4 Å². The molecule has 1 aliphatic rings. The lowest BCUT2D eigenvalue weighted by molar-refractivity contribution is -0.104. The van der Waals surface area contributed by atoms with Crippen LogP contribution in [0, 0.1) is 12.3 Å². The number of hydrazine groups is 1. The fourth-order valence-electron chi connectivity index (χ4n) is 2.97. The number of aldehydes is 1. The second-order valence-electron chi connectivity index (χ2n) is 6.77. The number of aromatic nitrogens is 1. The number of rotatable bonds is 7. The van der Waals surface area contributed by atoms with Crippen LogP contribution in [0.1, 0.15) is 11.3 Å². The molecule has 0 saturated carbocycles. The number of allylic oxidation sites excluding steroid dienone is 1. The van der Waals surface area contributed by atoms with E-state index >= 15 is 0 Å². The lowest BCUT2D eigenvalue weighted by Gasteiger charge is -2.17. The van der Waals surface area contributed by atoms with Crippen LogP contribution in [0.2, 0.25) is 0 Å². The first-order valence-electron chi connectivity index (χ1n) is 9.61. The van der Waals surface area contributed by atoms with Crippen molar-refractivity contribution in [3.63, 3.8) is 0 Å². The Morgan fingerprint density at radius 2 is 2.03 bits per heavy atom. The van der Waals surface area contributed by atoms with Gasteiger partial charge in [0.1, 0.15) is 24.4 Å². The lowest BCUT2D eigenvalue weighted by atomic mass is 10.0. The number of carbonyl (C=O) groups excluding carboxylic acids is 2. The van der Waals surface area contributed by atoms with Gasteiger partial charge >= 0.3 is 6.09 Å². The van der Waals surface area contributed by atoms with Gasteiger partial charge in [0.25, 0.3) is 0 Å². The van der Waals surface area contributed by atoms with E-state index in [2.05, 4.69) is 16.3 Å². The molecule has 1 atom stereocenters. The molecule has 1 aromatic heterocycles. The molecule has 1 aromatic carbocycles. The summed E-state index contributed by atoms with van der Waals surface area (Å²) in [5, 5.41) is 7.41. The lowest BCUT2D eigenvalue weighted by Crippen LogP contribution is -2.26. The monoisotopic (exact) mass is 441 g/mol. The molecular formula is C21H27N7O4. The minimum absolute atomic E-state index is 0.0283. The number of cyclic esters (lactones) is 1. The molecule has 1 amide bonds. The number of pyridine rings is 1. The van der Waals surface area contributed by atoms with Crippen LogP contribution in [0.4, 0.5) is 10.5 Å². The first kappa shape index (κ1) is 24.3. The summed E-state index contributed by atoms with van der Waals surface area (Å²) in [6.07, 6.45) is 2.30. The standard InChI is InChI=1S/C20H21N5O4.CH6N2/c1-12-8-13(14-2-4-16(19(22)23)24-9-14)3-5-17(12)25-10-15(29-20(25)27)11-28-18(21)6-7-26;1-3-2/h2-9,15H,10-11,21H2,1H3,(H3,22,23);3H,2H2,1H3/b18-6+;. The number of nitrogen functional groups attached to an aromatic ring is 1. The number of nitrogens with two attached hydrogens (primary N) is 3. The van der Waals surface area contributed by atoms with Gasteiger partial charge in [-0.2, -0.15) is 0 Å². The third-order valence-corrected chi connectivity index (χ3v) is 4.40. The van der Waals surface area contributed by atoms with E-state index in [1.807, 2.05) is 31.2 Å². The Balaban J connectivity index is 0.00000114. The fourth-order valence-corrected chi connectivity index (χ4v) is 2.97. The summed E-state index contributed by atoms with van der Waals surface area (Å²) >= 11 is 0. The highest BCUT2D eigenvalue weighted by molar-refractivity contribution is 5.93. The highest BCUT2D eigenvalue weighted by Crippen LogP contribution is 2.29. The number of benzene rings is 1. The maximum absolute atomic E-state index is 12.3. The summed E-state index contributed by atoms with van der Waals surface area (Å²) in [5.74, 6) is 4.48. The van der Waals surface area contributed by atoms with Crippen LogP contribution in [-0.2, 0) is 14.3 Å². The average Bonchev–Trinajstić information content (AvgIpc) is 3.13. The van der Waals surface area contributed by atoms with Gasteiger partial charge in [-0.25, -0.2) is 4.79 Å². The van der Waals surface area contributed by atoms with Crippen molar-refractivity contribution >= 4 is 23.9 Å². The molecule has 2 aromatic rings. The topological polar surface area (TPSA) is 183 Å². The molecule has 1 unspecified atom stereocenters. The van der Waals surface area contributed by atoms with Gasteiger partial charge in [0, 0.05) is 17.8 Å². The third kappa shape index (κ3) is 6.27. The largest absolute Gasteiger partial charge is 0.475 e. The Morgan fingerprint density at radius 3 is 2.59 bits per heavy atom. The first-order valence-corrected chi connectivity index (χ1v) is 9.61. The minimum atomic E-state index is -0.497. The Morgan fingerprint density at radius 1 is 1.34 bits per heavy atom. The van der Waals surface area contributed by atoms with Crippen LogP contribution in [-0.4, -0.2) is 49.5 Å². The highest BCUT2D eigenvalue weighted by Gasteiger charge is 2.33. The van der Waals surface area contributed by atoms with Crippen molar-refractivity contribution in [1.29, 1.82) is 5.41 Å². The van der Waals surface area contributed by atoms with Crippen LogP contribution in [0.5, 0.6) is 0 Å². The molecule has 1 fully saturated rings. The van der Waals surface area contributed by atoms with Gasteiger partial charge in [-0.05, 0) is 43.3 Å². The summed E-state index contributed by atoms with van der Waals surface area (Å²) in [6, 6.07) is 9.20. The maximum Gasteiger partial charge on any atom is 0.414 e. The van der Waals surface area contributed by atoms with E-state index in [1.165, 1.54) is 4.90 Å². The normalized spacial score (nSPS) is 15.5. The SMILES string of the molecule is CNN.Cc1cc(-c2ccc(C(=N)N)nc2)ccc1N1CC(CO/C(N)=C/C=O)OC1=O. The number of amides is 1. The van der Waals surface area contributed by atoms with Gasteiger partial charge in [0.2, 0.25) is 0 Å². The third-order valence-electron chi connectivity index (χ3n) is 4.40. The number of aryl methyl sites for hydroxylation is 1. The number of ether oxygens (including phenoxy) is 2. The molecule has 1 saturated heterocycles. The Kier molecular flexibility index (Phi) is 8.69. The quantitative estimate of drug-likeness (QED) is 0.0787. The Bertz CT molecular complexity index is 992. The highest BCUT2D eigenvalue weighted by atomic mass is 16.6. The van der Waals surface area contributed by atoms with Crippen molar-refractivity contribution in [3.05, 3.63) is 59.7 Å². The van der Waals surface area contributed by atoms with Crippen molar-refractivity contribution in [2.75, 3.05) is 25.1 Å². The van der Waals surface area contributed by atoms with E-state index in [9.17, 15) is 9.59 Å². The molecule has 11 nitrogen and oxygen atoms in total. The van der Waals surface area contributed by atoms with E-state index < -0.39 is 12.2 Å². The smallest absolute Gasteiger partial charge is 0.414 e. The summed E-state index contributed by atoms with van der Waals surface area (Å²) < 4.78 is 10.5. The van der Waals surface area contributed by atoms with Gasteiger partial charge in [0.05, 0.1) is 12.2 Å². The van der Waals surface area contributed by atoms with E-state index in [0.29, 0.717) is 18.5 Å². The second-order valence-corrected chi connectivity index (χ2v) is 6.77. The predicted molar refractivity (Wildman–Crippen MR) is 121 cm³/mol. The van der Waals surface area contributed by atoms with Crippen LogP contribution in [0.15, 0.2) is 48.5 Å². The number of nitrogens with one attached hydrogen (secondary N) is 2. The number of carbonyl (C=O) groups is 2. The van der Waals surface area contributed by atoms with Gasteiger partial charge in [-0.1, -0.05) is 12.1 Å². The van der Waals surface area contributed by atoms with E-state index in [1.54, 1.807) is 19.3 Å². The molecule has 1 aliphatic heterocycles.